The SMILES string of the molecule is COCc1cc(N(C)C(=O)C(C)C)ccc1N1CCOCC1. The van der Waals surface area contributed by atoms with Gasteiger partial charge in [-0.25, -0.2) is 0 Å². The van der Waals surface area contributed by atoms with E-state index in [9.17, 15) is 4.79 Å². The van der Waals surface area contributed by atoms with Crippen LogP contribution in [0, 0.1) is 5.92 Å². The van der Waals surface area contributed by atoms with Gasteiger partial charge < -0.3 is 19.3 Å². The molecule has 1 amide bonds. The van der Waals surface area contributed by atoms with Crippen molar-refractivity contribution < 1.29 is 14.3 Å². The highest BCUT2D eigenvalue weighted by Gasteiger charge is 2.19. The molecule has 2 rings (SSSR count). The van der Waals surface area contributed by atoms with E-state index < -0.39 is 0 Å². The second-order valence-electron chi connectivity index (χ2n) is 5.90. The maximum atomic E-state index is 12.2. The zero-order chi connectivity index (χ0) is 16.1. The summed E-state index contributed by atoms with van der Waals surface area (Å²) in [5.41, 5.74) is 3.17. The molecule has 0 spiro atoms. The molecule has 0 unspecified atom stereocenters. The Morgan fingerprint density at radius 1 is 1.36 bits per heavy atom. The third-order valence-electron chi connectivity index (χ3n) is 3.93. The first-order valence-corrected chi connectivity index (χ1v) is 7.76. The van der Waals surface area contributed by atoms with Crippen molar-refractivity contribution in [2.75, 3.05) is 50.3 Å². The molecule has 1 aliphatic heterocycles. The fourth-order valence-electron chi connectivity index (χ4n) is 2.68. The van der Waals surface area contributed by atoms with E-state index in [0.717, 1.165) is 37.6 Å². The average Bonchev–Trinajstić information content (AvgIpc) is 2.54. The number of rotatable bonds is 5. The third-order valence-corrected chi connectivity index (χ3v) is 3.93. The van der Waals surface area contributed by atoms with E-state index in [1.807, 2.05) is 27.0 Å². The molecule has 1 fully saturated rings. The number of anilines is 2. The molecule has 1 aliphatic rings. The van der Waals surface area contributed by atoms with Gasteiger partial charge in [-0.1, -0.05) is 13.8 Å². The van der Waals surface area contributed by atoms with Crippen molar-refractivity contribution in [2.24, 2.45) is 5.92 Å². The molecule has 1 aromatic rings. The van der Waals surface area contributed by atoms with Crippen LogP contribution in [0.15, 0.2) is 18.2 Å². The molecule has 5 heteroatoms. The van der Waals surface area contributed by atoms with Crippen molar-refractivity contribution in [3.63, 3.8) is 0 Å². The maximum absolute atomic E-state index is 12.2. The van der Waals surface area contributed by atoms with Gasteiger partial charge in [-0.05, 0) is 18.2 Å². The first kappa shape index (κ1) is 16.8. The van der Waals surface area contributed by atoms with Crippen molar-refractivity contribution in [1.82, 2.24) is 0 Å². The molecule has 1 saturated heterocycles. The minimum absolute atomic E-state index is 0.0187. The largest absolute Gasteiger partial charge is 0.380 e. The van der Waals surface area contributed by atoms with Gasteiger partial charge in [0.1, 0.15) is 0 Å². The lowest BCUT2D eigenvalue weighted by atomic mass is 10.1. The van der Waals surface area contributed by atoms with Gasteiger partial charge in [0.15, 0.2) is 0 Å². The van der Waals surface area contributed by atoms with Crippen LogP contribution in [0.5, 0.6) is 0 Å². The highest BCUT2D eigenvalue weighted by atomic mass is 16.5. The second kappa shape index (κ2) is 7.61. The molecule has 122 valence electrons. The number of carbonyl (C=O) groups is 1. The molecule has 0 atom stereocenters. The summed E-state index contributed by atoms with van der Waals surface area (Å²) in [4.78, 5) is 16.2. The number of morpholine rings is 1. The maximum Gasteiger partial charge on any atom is 0.229 e. The van der Waals surface area contributed by atoms with Gasteiger partial charge in [0.25, 0.3) is 0 Å². The minimum Gasteiger partial charge on any atom is -0.380 e. The van der Waals surface area contributed by atoms with E-state index in [1.165, 1.54) is 5.69 Å². The van der Waals surface area contributed by atoms with Gasteiger partial charge in [-0.3, -0.25) is 4.79 Å². The Hall–Kier alpha value is -1.59. The first-order valence-electron chi connectivity index (χ1n) is 7.76. The Morgan fingerprint density at radius 3 is 2.64 bits per heavy atom. The Balaban J connectivity index is 2.27. The van der Waals surface area contributed by atoms with Crippen molar-refractivity contribution in [3.05, 3.63) is 23.8 Å². The number of hydrogen-bond acceptors (Lipinski definition) is 4. The summed E-state index contributed by atoms with van der Waals surface area (Å²) in [7, 11) is 3.52. The summed E-state index contributed by atoms with van der Waals surface area (Å²) in [6, 6.07) is 6.14. The van der Waals surface area contributed by atoms with E-state index in [0.29, 0.717) is 6.61 Å². The number of amides is 1. The minimum atomic E-state index is -0.0187. The summed E-state index contributed by atoms with van der Waals surface area (Å²) < 4.78 is 10.8. The smallest absolute Gasteiger partial charge is 0.229 e. The van der Waals surface area contributed by atoms with Gasteiger partial charge in [0.2, 0.25) is 5.91 Å². The van der Waals surface area contributed by atoms with Crippen LogP contribution in [0.2, 0.25) is 0 Å². The van der Waals surface area contributed by atoms with Gasteiger partial charge in [0.05, 0.1) is 19.8 Å². The highest BCUT2D eigenvalue weighted by Crippen LogP contribution is 2.28. The normalized spacial score (nSPS) is 15.2. The predicted molar refractivity (Wildman–Crippen MR) is 88.4 cm³/mol. The van der Waals surface area contributed by atoms with Gasteiger partial charge in [-0.15, -0.1) is 0 Å². The van der Waals surface area contributed by atoms with Crippen LogP contribution in [-0.2, 0) is 20.9 Å². The van der Waals surface area contributed by atoms with Gasteiger partial charge in [0, 0.05) is 50.1 Å². The zero-order valence-corrected chi connectivity index (χ0v) is 14.0. The van der Waals surface area contributed by atoms with Gasteiger partial charge >= 0.3 is 0 Å². The molecule has 0 N–H and O–H groups in total. The summed E-state index contributed by atoms with van der Waals surface area (Å²) in [5.74, 6) is 0.0947. The zero-order valence-electron chi connectivity index (χ0n) is 14.0. The number of methoxy groups -OCH3 is 1. The second-order valence-corrected chi connectivity index (χ2v) is 5.90. The third kappa shape index (κ3) is 3.78. The Morgan fingerprint density at radius 2 is 2.05 bits per heavy atom. The van der Waals surface area contributed by atoms with Crippen molar-refractivity contribution >= 4 is 17.3 Å². The number of hydrogen-bond donors (Lipinski definition) is 0. The van der Waals surface area contributed by atoms with Crippen molar-refractivity contribution in [2.45, 2.75) is 20.5 Å². The van der Waals surface area contributed by atoms with Crippen molar-refractivity contribution in [1.29, 1.82) is 0 Å². The molecular weight excluding hydrogens is 280 g/mol. The van der Waals surface area contributed by atoms with Crippen LogP contribution in [0.1, 0.15) is 19.4 Å². The van der Waals surface area contributed by atoms with Gasteiger partial charge in [-0.2, -0.15) is 0 Å². The molecular formula is C17H26N2O3. The predicted octanol–water partition coefficient (Wildman–Crippen LogP) is 2.29. The molecule has 0 aliphatic carbocycles. The molecule has 5 nitrogen and oxygen atoms in total. The molecule has 22 heavy (non-hydrogen) atoms. The Kier molecular flexibility index (Phi) is 5.80. The molecule has 0 aromatic heterocycles. The van der Waals surface area contributed by atoms with E-state index in [-0.39, 0.29) is 11.8 Å². The summed E-state index contributed by atoms with van der Waals surface area (Å²) in [5, 5.41) is 0. The fourth-order valence-corrected chi connectivity index (χ4v) is 2.68. The summed E-state index contributed by atoms with van der Waals surface area (Å²) in [6.45, 7) is 7.63. The van der Waals surface area contributed by atoms with Crippen LogP contribution < -0.4 is 9.80 Å². The number of benzene rings is 1. The Labute approximate surface area is 132 Å². The molecule has 0 saturated carbocycles. The summed E-state index contributed by atoms with van der Waals surface area (Å²) >= 11 is 0. The Bertz CT molecular complexity index is 511. The standard InChI is InChI=1S/C17H26N2O3/c1-13(2)17(20)18(3)15-5-6-16(14(11-15)12-21-4)19-7-9-22-10-8-19/h5-6,11,13H,7-10,12H2,1-4H3. The average molecular weight is 306 g/mol. The lowest BCUT2D eigenvalue weighted by Gasteiger charge is -2.31. The lowest BCUT2D eigenvalue weighted by Crippen LogP contribution is -2.37. The van der Waals surface area contributed by atoms with E-state index >= 15 is 0 Å². The van der Waals surface area contributed by atoms with Crippen LogP contribution in [0.4, 0.5) is 11.4 Å². The van der Waals surface area contributed by atoms with E-state index in [2.05, 4.69) is 17.0 Å². The fraction of sp³-hybridized carbons (Fsp3) is 0.588. The van der Waals surface area contributed by atoms with Crippen LogP contribution in [0.3, 0.4) is 0 Å². The highest BCUT2D eigenvalue weighted by molar-refractivity contribution is 5.94. The molecule has 1 aromatic carbocycles. The number of carbonyl (C=O) groups excluding carboxylic acids is 1. The van der Waals surface area contributed by atoms with Crippen LogP contribution in [-0.4, -0.2) is 46.4 Å². The van der Waals surface area contributed by atoms with Crippen molar-refractivity contribution in [3.8, 4) is 0 Å². The quantitative estimate of drug-likeness (QED) is 0.837. The number of ether oxygens (including phenoxy) is 2. The van der Waals surface area contributed by atoms with E-state index in [1.54, 1.807) is 12.0 Å². The lowest BCUT2D eigenvalue weighted by molar-refractivity contribution is -0.121. The molecule has 0 radical (unpaired) electrons. The topological polar surface area (TPSA) is 42.0 Å². The van der Waals surface area contributed by atoms with Crippen LogP contribution in [0.25, 0.3) is 0 Å². The summed E-state index contributed by atoms with van der Waals surface area (Å²) in [6.07, 6.45) is 0. The molecule has 1 heterocycles. The molecule has 0 bridgehead atoms. The number of nitrogens with zero attached hydrogens (tertiary/aromatic N) is 2. The monoisotopic (exact) mass is 306 g/mol. The van der Waals surface area contributed by atoms with E-state index in [4.69, 9.17) is 9.47 Å². The first-order chi connectivity index (χ1) is 10.5. The van der Waals surface area contributed by atoms with Crippen LogP contribution >= 0.6 is 0 Å².